The maximum Gasteiger partial charge on any atom is 0.227 e. The molecular weight excluding hydrogens is 336 g/mol. The lowest BCUT2D eigenvalue weighted by Crippen LogP contribution is -2.40. The summed E-state index contributed by atoms with van der Waals surface area (Å²) < 4.78 is 0. The Hall–Kier alpha value is -2.04. The van der Waals surface area contributed by atoms with Crippen LogP contribution in [0.1, 0.15) is 51.0 Å². The highest BCUT2D eigenvalue weighted by molar-refractivity contribution is 5.95. The van der Waals surface area contributed by atoms with Crippen LogP contribution in [-0.2, 0) is 11.3 Å². The largest absolute Gasteiger partial charge is 0.357 e. The number of anilines is 1. The van der Waals surface area contributed by atoms with E-state index in [1.165, 1.54) is 31.2 Å². The number of carbonyl (C=O) groups excluding carboxylic acids is 1. The Balaban J connectivity index is 1.33. The van der Waals surface area contributed by atoms with Crippen LogP contribution in [0.5, 0.6) is 0 Å². The van der Waals surface area contributed by atoms with Crippen molar-refractivity contribution in [2.75, 3.05) is 24.5 Å². The van der Waals surface area contributed by atoms with Crippen molar-refractivity contribution in [1.29, 1.82) is 0 Å². The number of hydrogen-bond donors (Lipinski definition) is 2. The second-order valence-electron chi connectivity index (χ2n) is 8.23. The molecule has 0 bridgehead atoms. The summed E-state index contributed by atoms with van der Waals surface area (Å²) in [6.45, 7) is 5.53. The first-order valence-corrected chi connectivity index (χ1v) is 10.7. The molecule has 27 heavy (non-hydrogen) atoms. The Morgan fingerprint density at radius 2 is 1.85 bits per heavy atom. The Morgan fingerprint density at radius 1 is 1.15 bits per heavy atom. The van der Waals surface area contributed by atoms with E-state index in [4.69, 9.17) is 4.99 Å². The smallest absolute Gasteiger partial charge is 0.227 e. The normalized spacial score (nSPS) is 20.4. The van der Waals surface area contributed by atoms with Gasteiger partial charge < -0.3 is 15.5 Å². The highest BCUT2D eigenvalue weighted by Gasteiger charge is 2.41. The molecule has 0 aromatic heterocycles. The molecule has 0 spiro atoms. The predicted molar refractivity (Wildman–Crippen MR) is 110 cm³/mol. The van der Waals surface area contributed by atoms with Crippen molar-refractivity contribution < 1.29 is 4.79 Å². The Morgan fingerprint density at radius 3 is 2.41 bits per heavy atom. The first-order chi connectivity index (χ1) is 13.2. The van der Waals surface area contributed by atoms with E-state index in [1.807, 2.05) is 17.0 Å². The number of carbonyl (C=O) groups is 1. The van der Waals surface area contributed by atoms with Gasteiger partial charge >= 0.3 is 0 Å². The van der Waals surface area contributed by atoms with E-state index < -0.39 is 0 Å². The third kappa shape index (κ3) is 4.82. The van der Waals surface area contributed by atoms with Crippen LogP contribution < -0.4 is 15.5 Å². The zero-order chi connectivity index (χ0) is 18.6. The zero-order valence-corrected chi connectivity index (χ0v) is 16.4. The lowest BCUT2D eigenvalue weighted by Gasteiger charge is -2.19. The number of benzene rings is 1. The van der Waals surface area contributed by atoms with E-state index in [0.717, 1.165) is 55.5 Å². The molecule has 0 atom stereocenters. The molecule has 2 saturated carbocycles. The standard InChI is InChI=1S/C22H32N4O/c1-2-23-22(25-15-20(17-7-8-17)18-9-10-18)24-14-16-5-11-19(12-6-16)26-13-3-4-21(26)27/h5-6,11-12,17-18,20H,2-4,7-10,13-15H2,1H3,(H2,23,24,25). The summed E-state index contributed by atoms with van der Waals surface area (Å²) in [7, 11) is 0. The van der Waals surface area contributed by atoms with Gasteiger partial charge in [0.1, 0.15) is 0 Å². The number of guanidine groups is 1. The quantitative estimate of drug-likeness (QED) is 0.547. The monoisotopic (exact) mass is 368 g/mol. The van der Waals surface area contributed by atoms with Crippen molar-refractivity contribution in [1.82, 2.24) is 10.6 Å². The van der Waals surface area contributed by atoms with Crippen LogP contribution in [-0.4, -0.2) is 31.5 Å². The van der Waals surface area contributed by atoms with Crippen molar-refractivity contribution in [3.63, 3.8) is 0 Å². The van der Waals surface area contributed by atoms with Gasteiger partial charge in [0, 0.05) is 31.7 Å². The van der Waals surface area contributed by atoms with E-state index in [0.29, 0.717) is 13.0 Å². The number of nitrogens with one attached hydrogen (secondary N) is 2. The van der Waals surface area contributed by atoms with Gasteiger partial charge in [-0.05, 0) is 74.5 Å². The summed E-state index contributed by atoms with van der Waals surface area (Å²) in [5.41, 5.74) is 2.18. The molecule has 1 aromatic rings. The summed E-state index contributed by atoms with van der Waals surface area (Å²) in [5, 5.41) is 6.96. The molecule has 0 radical (unpaired) electrons. The zero-order valence-electron chi connectivity index (χ0n) is 16.4. The molecular formula is C22H32N4O. The van der Waals surface area contributed by atoms with E-state index >= 15 is 0 Å². The van der Waals surface area contributed by atoms with Gasteiger partial charge in [-0.3, -0.25) is 4.79 Å². The van der Waals surface area contributed by atoms with Crippen LogP contribution in [0.2, 0.25) is 0 Å². The third-order valence-corrected chi connectivity index (χ3v) is 6.05. The molecule has 0 unspecified atom stereocenters. The van der Waals surface area contributed by atoms with Gasteiger partial charge in [0.25, 0.3) is 0 Å². The van der Waals surface area contributed by atoms with Crippen LogP contribution in [0.4, 0.5) is 5.69 Å². The summed E-state index contributed by atoms with van der Waals surface area (Å²) in [4.78, 5) is 18.5. The van der Waals surface area contributed by atoms with Gasteiger partial charge in [-0.2, -0.15) is 0 Å². The molecule has 2 aliphatic carbocycles. The summed E-state index contributed by atoms with van der Waals surface area (Å²) in [6.07, 6.45) is 7.31. The number of aliphatic imine (C=N–C) groups is 1. The molecule has 1 heterocycles. The maximum absolute atomic E-state index is 11.9. The fraction of sp³-hybridized carbons (Fsp3) is 0.636. The molecule has 3 fully saturated rings. The van der Waals surface area contributed by atoms with Crippen molar-refractivity contribution in [3.05, 3.63) is 29.8 Å². The topological polar surface area (TPSA) is 56.7 Å². The molecule has 4 rings (SSSR count). The maximum atomic E-state index is 11.9. The number of hydrogen-bond acceptors (Lipinski definition) is 2. The minimum absolute atomic E-state index is 0.236. The SMILES string of the molecule is CCNC(=NCc1ccc(N2CCCC2=O)cc1)NCC(C1CC1)C1CC1. The van der Waals surface area contributed by atoms with Crippen molar-refractivity contribution in [2.24, 2.45) is 22.7 Å². The lowest BCUT2D eigenvalue weighted by atomic mass is 9.98. The number of amides is 1. The van der Waals surface area contributed by atoms with E-state index in [1.54, 1.807) is 0 Å². The van der Waals surface area contributed by atoms with Gasteiger partial charge in [-0.15, -0.1) is 0 Å². The Labute approximate surface area is 162 Å². The molecule has 5 heteroatoms. The molecule has 1 amide bonds. The fourth-order valence-electron chi connectivity index (χ4n) is 4.20. The van der Waals surface area contributed by atoms with Crippen molar-refractivity contribution in [2.45, 2.75) is 52.0 Å². The third-order valence-electron chi connectivity index (χ3n) is 6.05. The van der Waals surface area contributed by atoms with E-state index in [9.17, 15) is 4.79 Å². The minimum Gasteiger partial charge on any atom is -0.357 e. The fourth-order valence-corrected chi connectivity index (χ4v) is 4.20. The van der Waals surface area contributed by atoms with Gasteiger partial charge in [-0.25, -0.2) is 4.99 Å². The molecule has 2 N–H and O–H groups in total. The van der Waals surface area contributed by atoms with E-state index in [2.05, 4.69) is 29.7 Å². The van der Waals surface area contributed by atoms with Crippen LogP contribution in [0.25, 0.3) is 0 Å². The summed E-state index contributed by atoms with van der Waals surface area (Å²) >= 11 is 0. The van der Waals surface area contributed by atoms with Crippen molar-refractivity contribution >= 4 is 17.6 Å². The average molecular weight is 369 g/mol. The van der Waals surface area contributed by atoms with Crippen LogP contribution >= 0.6 is 0 Å². The molecule has 1 saturated heterocycles. The molecule has 1 aromatic carbocycles. The Bertz CT molecular complexity index is 664. The average Bonchev–Trinajstić information content (AvgIpc) is 3.60. The molecule has 1 aliphatic heterocycles. The Kier molecular flexibility index (Phi) is 5.65. The van der Waals surface area contributed by atoms with Gasteiger partial charge in [0.2, 0.25) is 5.91 Å². The molecule has 5 nitrogen and oxygen atoms in total. The second-order valence-corrected chi connectivity index (χ2v) is 8.23. The van der Waals surface area contributed by atoms with Gasteiger partial charge in [0.05, 0.1) is 6.54 Å². The van der Waals surface area contributed by atoms with Crippen LogP contribution in [0.3, 0.4) is 0 Å². The molecule has 146 valence electrons. The number of nitrogens with zero attached hydrogens (tertiary/aromatic N) is 2. The highest BCUT2D eigenvalue weighted by Crippen LogP contribution is 2.48. The predicted octanol–water partition coefficient (Wildman–Crippen LogP) is 3.30. The van der Waals surface area contributed by atoms with E-state index in [-0.39, 0.29) is 5.91 Å². The van der Waals surface area contributed by atoms with Gasteiger partial charge in [0.15, 0.2) is 5.96 Å². The second kappa shape index (κ2) is 8.32. The van der Waals surface area contributed by atoms with Gasteiger partial charge in [-0.1, -0.05) is 12.1 Å². The van der Waals surface area contributed by atoms with Crippen LogP contribution in [0, 0.1) is 17.8 Å². The highest BCUT2D eigenvalue weighted by atomic mass is 16.2. The molecule has 3 aliphatic rings. The van der Waals surface area contributed by atoms with Crippen LogP contribution in [0.15, 0.2) is 29.3 Å². The lowest BCUT2D eigenvalue weighted by molar-refractivity contribution is -0.117. The number of rotatable bonds is 8. The summed E-state index contributed by atoms with van der Waals surface area (Å²) in [6, 6.07) is 8.27. The minimum atomic E-state index is 0.236. The first kappa shape index (κ1) is 18.3. The first-order valence-electron chi connectivity index (χ1n) is 10.7. The van der Waals surface area contributed by atoms with Crippen molar-refractivity contribution in [3.8, 4) is 0 Å². The summed E-state index contributed by atoms with van der Waals surface area (Å²) in [5.74, 6) is 3.90.